The van der Waals surface area contributed by atoms with Crippen molar-refractivity contribution in [2.24, 2.45) is 5.92 Å². The van der Waals surface area contributed by atoms with Gasteiger partial charge in [0.25, 0.3) is 0 Å². The largest absolute Gasteiger partial charge is 0.389 e. The van der Waals surface area contributed by atoms with Gasteiger partial charge >= 0.3 is 0 Å². The van der Waals surface area contributed by atoms with Crippen LogP contribution in [0, 0.1) is 5.92 Å². The van der Waals surface area contributed by atoms with E-state index >= 15 is 0 Å². The minimum Gasteiger partial charge on any atom is -0.389 e. The number of hydrogen-bond donors (Lipinski definition) is 2. The van der Waals surface area contributed by atoms with Gasteiger partial charge in [-0.3, -0.25) is 0 Å². The number of nitrogens with one attached hydrogen (secondary N) is 1. The fourth-order valence-corrected chi connectivity index (χ4v) is 2.12. The standard InChI is InChI=1S/C14H25NO3S/c1-12(2)9-17-6-5-15-8-13(16)10-18-11-14-4-3-7-19-14/h3-4,7,12-13,15-16H,5-6,8-11H2,1-2H3. The summed E-state index contributed by atoms with van der Waals surface area (Å²) in [6.07, 6.45) is -0.468. The molecule has 19 heavy (non-hydrogen) atoms. The van der Waals surface area contributed by atoms with Crippen molar-refractivity contribution in [1.29, 1.82) is 0 Å². The Morgan fingerprint density at radius 2 is 2.16 bits per heavy atom. The Labute approximate surface area is 119 Å². The third kappa shape index (κ3) is 9.13. The van der Waals surface area contributed by atoms with E-state index in [1.165, 1.54) is 4.88 Å². The molecule has 1 unspecified atom stereocenters. The van der Waals surface area contributed by atoms with Crippen molar-refractivity contribution < 1.29 is 14.6 Å². The van der Waals surface area contributed by atoms with E-state index in [1.54, 1.807) is 11.3 Å². The third-order valence-electron chi connectivity index (χ3n) is 2.39. The summed E-state index contributed by atoms with van der Waals surface area (Å²) in [5.74, 6) is 0.566. The summed E-state index contributed by atoms with van der Waals surface area (Å²) in [6, 6.07) is 4.03. The van der Waals surface area contributed by atoms with Gasteiger partial charge in [0.2, 0.25) is 0 Å². The fourth-order valence-electron chi connectivity index (χ4n) is 1.48. The highest BCUT2D eigenvalue weighted by molar-refractivity contribution is 7.09. The average Bonchev–Trinajstić information content (AvgIpc) is 2.86. The van der Waals surface area contributed by atoms with Crippen molar-refractivity contribution in [1.82, 2.24) is 5.32 Å². The van der Waals surface area contributed by atoms with Crippen molar-refractivity contribution >= 4 is 11.3 Å². The molecule has 0 aliphatic heterocycles. The van der Waals surface area contributed by atoms with Gasteiger partial charge in [-0.05, 0) is 17.4 Å². The molecule has 0 saturated heterocycles. The summed E-state index contributed by atoms with van der Waals surface area (Å²) in [4.78, 5) is 1.18. The lowest BCUT2D eigenvalue weighted by Gasteiger charge is -2.12. The molecule has 0 fully saturated rings. The Balaban J connectivity index is 1.89. The Hall–Kier alpha value is -0.460. The maximum absolute atomic E-state index is 9.70. The SMILES string of the molecule is CC(C)COCCNCC(O)COCc1cccs1. The van der Waals surface area contributed by atoms with Gasteiger partial charge in [-0.25, -0.2) is 0 Å². The second-order valence-corrected chi connectivity index (χ2v) is 5.95. The molecule has 1 aromatic rings. The normalized spacial score (nSPS) is 13.1. The molecule has 0 aliphatic rings. The third-order valence-corrected chi connectivity index (χ3v) is 3.24. The van der Waals surface area contributed by atoms with E-state index in [4.69, 9.17) is 9.47 Å². The molecular weight excluding hydrogens is 262 g/mol. The van der Waals surface area contributed by atoms with Crippen LogP contribution in [0.1, 0.15) is 18.7 Å². The first kappa shape index (κ1) is 16.6. The molecule has 0 amide bonds. The van der Waals surface area contributed by atoms with E-state index in [0.717, 1.165) is 13.2 Å². The lowest BCUT2D eigenvalue weighted by molar-refractivity contribution is 0.0284. The molecule has 0 radical (unpaired) electrons. The minimum atomic E-state index is -0.468. The molecular formula is C14H25NO3S. The first-order chi connectivity index (χ1) is 9.18. The van der Waals surface area contributed by atoms with Gasteiger partial charge in [-0.2, -0.15) is 0 Å². The molecule has 1 aromatic heterocycles. The Bertz CT molecular complexity index is 304. The molecule has 1 rings (SSSR count). The highest BCUT2D eigenvalue weighted by atomic mass is 32.1. The maximum atomic E-state index is 9.70. The Kier molecular flexibility index (Phi) is 9.03. The monoisotopic (exact) mass is 287 g/mol. The first-order valence-electron chi connectivity index (χ1n) is 6.75. The molecule has 0 spiro atoms. The van der Waals surface area contributed by atoms with Crippen LogP contribution in [-0.4, -0.2) is 44.1 Å². The molecule has 110 valence electrons. The van der Waals surface area contributed by atoms with Gasteiger partial charge in [-0.1, -0.05) is 19.9 Å². The molecule has 1 heterocycles. The van der Waals surface area contributed by atoms with Crippen LogP contribution in [0.2, 0.25) is 0 Å². The smallest absolute Gasteiger partial charge is 0.0897 e. The Morgan fingerprint density at radius 3 is 2.84 bits per heavy atom. The number of thiophene rings is 1. The number of aliphatic hydroxyl groups is 1. The lowest BCUT2D eigenvalue weighted by atomic mass is 10.2. The number of aliphatic hydroxyl groups excluding tert-OH is 1. The van der Waals surface area contributed by atoms with Crippen LogP contribution in [0.25, 0.3) is 0 Å². The van der Waals surface area contributed by atoms with Gasteiger partial charge in [0, 0.05) is 24.6 Å². The molecule has 0 aromatic carbocycles. The average molecular weight is 287 g/mol. The molecule has 1 atom stereocenters. The highest BCUT2D eigenvalue weighted by Gasteiger charge is 2.04. The first-order valence-corrected chi connectivity index (χ1v) is 7.63. The van der Waals surface area contributed by atoms with Crippen LogP contribution in [-0.2, 0) is 16.1 Å². The van der Waals surface area contributed by atoms with Gasteiger partial charge in [0.05, 0.1) is 25.9 Å². The lowest BCUT2D eigenvalue weighted by Crippen LogP contribution is -2.32. The summed E-state index contributed by atoms with van der Waals surface area (Å²) in [5.41, 5.74) is 0. The highest BCUT2D eigenvalue weighted by Crippen LogP contribution is 2.09. The van der Waals surface area contributed by atoms with E-state index < -0.39 is 6.10 Å². The van der Waals surface area contributed by atoms with E-state index in [0.29, 0.717) is 32.3 Å². The van der Waals surface area contributed by atoms with Crippen LogP contribution in [0.3, 0.4) is 0 Å². The molecule has 5 heteroatoms. The zero-order chi connectivity index (χ0) is 13.9. The van der Waals surface area contributed by atoms with Gasteiger partial charge in [0.1, 0.15) is 0 Å². The zero-order valence-corrected chi connectivity index (χ0v) is 12.6. The summed E-state index contributed by atoms with van der Waals surface area (Å²) in [7, 11) is 0. The topological polar surface area (TPSA) is 50.7 Å². The van der Waals surface area contributed by atoms with Crippen molar-refractivity contribution in [3.8, 4) is 0 Å². The summed E-state index contributed by atoms with van der Waals surface area (Å²) >= 11 is 1.66. The maximum Gasteiger partial charge on any atom is 0.0897 e. The van der Waals surface area contributed by atoms with Crippen LogP contribution in [0.15, 0.2) is 17.5 Å². The molecule has 0 saturated carbocycles. The number of ether oxygens (including phenoxy) is 2. The van der Waals surface area contributed by atoms with Crippen molar-refractivity contribution in [3.05, 3.63) is 22.4 Å². The number of hydrogen-bond acceptors (Lipinski definition) is 5. The zero-order valence-electron chi connectivity index (χ0n) is 11.8. The van der Waals surface area contributed by atoms with Gasteiger partial charge in [-0.15, -0.1) is 11.3 Å². The predicted molar refractivity (Wildman–Crippen MR) is 78.5 cm³/mol. The van der Waals surface area contributed by atoms with Gasteiger partial charge < -0.3 is 19.9 Å². The van der Waals surface area contributed by atoms with Crippen LogP contribution < -0.4 is 5.32 Å². The van der Waals surface area contributed by atoms with Crippen LogP contribution >= 0.6 is 11.3 Å². The van der Waals surface area contributed by atoms with Crippen molar-refractivity contribution in [2.45, 2.75) is 26.6 Å². The summed E-state index contributed by atoms with van der Waals surface area (Å²) in [5, 5.41) is 14.9. The van der Waals surface area contributed by atoms with Crippen molar-refractivity contribution in [3.63, 3.8) is 0 Å². The summed E-state index contributed by atoms with van der Waals surface area (Å²) in [6.45, 7) is 7.95. The predicted octanol–water partition coefficient (Wildman–Crippen LogP) is 1.89. The van der Waals surface area contributed by atoms with Crippen molar-refractivity contribution in [2.75, 3.05) is 32.9 Å². The van der Waals surface area contributed by atoms with E-state index in [1.807, 2.05) is 17.5 Å². The Morgan fingerprint density at radius 1 is 1.32 bits per heavy atom. The molecule has 0 bridgehead atoms. The fraction of sp³-hybridized carbons (Fsp3) is 0.714. The van der Waals surface area contributed by atoms with Gasteiger partial charge in [0.15, 0.2) is 0 Å². The second kappa shape index (κ2) is 10.3. The van der Waals surface area contributed by atoms with Crippen LogP contribution in [0.4, 0.5) is 0 Å². The van der Waals surface area contributed by atoms with Crippen LogP contribution in [0.5, 0.6) is 0 Å². The van der Waals surface area contributed by atoms with E-state index in [-0.39, 0.29) is 0 Å². The summed E-state index contributed by atoms with van der Waals surface area (Å²) < 4.78 is 10.9. The molecule has 0 aliphatic carbocycles. The minimum absolute atomic E-state index is 0.359. The molecule has 4 nitrogen and oxygen atoms in total. The second-order valence-electron chi connectivity index (χ2n) is 4.92. The number of rotatable bonds is 11. The van der Waals surface area contributed by atoms with E-state index in [2.05, 4.69) is 19.2 Å². The quantitative estimate of drug-likeness (QED) is 0.610. The van der Waals surface area contributed by atoms with E-state index in [9.17, 15) is 5.11 Å². The molecule has 2 N–H and O–H groups in total.